The lowest BCUT2D eigenvalue weighted by atomic mass is 10.1. The van der Waals surface area contributed by atoms with Gasteiger partial charge in [-0.15, -0.1) is 0 Å². The number of carbonyl (C=O) groups is 2. The Morgan fingerprint density at radius 1 is 1.00 bits per heavy atom. The van der Waals surface area contributed by atoms with Crippen molar-refractivity contribution in [2.45, 2.75) is 39.2 Å². The highest BCUT2D eigenvalue weighted by molar-refractivity contribution is 6.05. The molecule has 4 rings (SSSR count). The largest absolute Gasteiger partial charge is 0.361 e. The van der Waals surface area contributed by atoms with E-state index in [2.05, 4.69) is 27.0 Å². The molecule has 0 aliphatic rings. The second kappa shape index (κ2) is 9.47. The van der Waals surface area contributed by atoms with Crippen LogP contribution in [0.3, 0.4) is 0 Å². The van der Waals surface area contributed by atoms with Crippen LogP contribution in [0.2, 0.25) is 0 Å². The maximum absolute atomic E-state index is 12.7. The summed E-state index contributed by atoms with van der Waals surface area (Å²) in [5, 5.41) is 6.26. The van der Waals surface area contributed by atoms with Crippen LogP contribution in [0.4, 0.5) is 0 Å². The molecule has 2 amide bonds. The fourth-order valence-corrected chi connectivity index (χ4v) is 3.79. The number of aryl methyl sites for hydroxylation is 2. The molecule has 0 saturated carbocycles. The van der Waals surface area contributed by atoms with E-state index in [0.29, 0.717) is 30.2 Å². The molecule has 0 spiro atoms. The van der Waals surface area contributed by atoms with Crippen LogP contribution in [-0.2, 0) is 17.8 Å². The highest BCUT2D eigenvalue weighted by atomic mass is 16.2. The third-order valence-electron chi connectivity index (χ3n) is 5.36. The second-order valence-corrected chi connectivity index (χ2v) is 7.64. The van der Waals surface area contributed by atoms with Crippen molar-refractivity contribution in [3.05, 3.63) is 76.3 Å². The Morgan fingerprint density at radius 3 is 2.50 bits per heavy atom. The third-order valence-corrected chi connectivity index (χ3v) is 5.36. The smallest absolute Gasteiger partial charge is 0.290 e. The van der Waals surface area contributed by atoms with Gasteiger partial charge in [-0.05, 0) is 37.0 Å². The topological polar surface area (TPSA) is 109 Å². The van der Waals surface area contributed by atoms with E-state index in [0.717, 1.165) is 22.9 Å². The first-order valence-electron chi connectivity index (χ1n) is 10.7. The van der Waals surface area contributed by atoms with Crippen LogP contribution in [0, 0.1) is 0 Å². The van der Waals surface area contributed by atoms with Gasteiger partial charge in [0.15, 0.2) is 5.69 Å². The van der Waals surface area contributed by atoms with Crippen molar-refractivity contribution in [1.29, 1.82) is 0 Å². The minimum Gasteiger partial charge on any atom is -0.361 e. The minimum atomic E-state index is -0.559. The number of aromatic amines is 1. The SMILES string of the molecule is CCCn1nc(C(=O)NNC(=O)CCCc2c[nH]c3ccccc23)c2ccccc2c1=O. The fourth-order valence-electron chi connectivity index (χ4n) is 3.79. The Morgan fingerprint density at radius 2 is 1.72 bits per heavy atom. The molecular weight excluding hydrogens is 406 g/mol. The third kappa shape index (κ3) is 4.39. The Hall–Kier alpha value is -3.94. The number of hydrazine groups is 1. The predicted molar refractivity (Wildman–Crippen MR) is 123 cm³/mol. The van der Waals surface area contributed by atoms with E-state index in [4.69, 9.17) is 0 Å². The lowest BCUT2D eigenvalue weighted by Gasteiger charge is -2.11. The van der Waals surface area contributed by atoms with Crippen LogP contribution >= 0.6 is 0 Å². The molecular formula is C24H25N5O3. The van der Waals surface area contributed by atoms with Gasteiger partial charge in [-0.1, -0.05) is 43.3 Å². The zero-order valence-corrected chi connectivity index (χ0v) is 17.9. The van der Waals surface area contributed by atoms with Gasteiger partial charge in [-0.2, -0.15) is 5.10 Å². The van der Waals surface area contributed by atoms with Crippen LogP contribution in [0.25, 0.3) is 21.7 Å². The summed E-state index contributed by atoms with van der Waals surface area (Å²) in [7, 11) is 0. The van der Waals surface area contributed by atoms with E-state index in [1.165, 1.54) is 4.68 Å². The van der Waals surface area contributed by atoms with E-state index >= 15 is 0 Å². The van der Waals surface area contributed by atoms with Crippen molar-refractivity contribution in [1.82, 2.24) is 25.6 Å². The van der Waals surface area contributed by atoms with Gasteiger partial charge in [0.25, 0.3) is 11.5 Å². The van der Waals surface area contributed by atoms with Crippen molar-refractivity contribution < 1.29 is 9.59 Å². The molecule has 2 aromatic carbocycles. The van der Waals surface area contributed by atoms with Crippen molar-refractivity contribution >= 4 is 33.5 Å². The standard InChI is InChI=1S/C24H25N5O3/c1-2-14-29-24(32)19-11-4-3-10-18(19)22(28-29)23(31)27-26-21(30)13-7-8-16-15-25-20-12-6-5-9-17(16)20/h3-6,9-12,15,25H,2,7-8,13-14H2,1H3,(H,26,30)(H,27,31). The van der Waals surface area contributed by atoms with Crippen molar-refractivity contribution in [2.75, 3.05) is 0 Å². The number of carbonyl (C=O) groups excluding carboxylic acids is 2. The number of nitrogens with one attached hydrogen (secondary N) is 3. The van der Waals surface area contributed by atoms with Crippen LogP contribution in [0.5, 0.6) is 0 Å². The molecule has 2 heterocycles. The Balaban J connectivity index is 1.38. The summed E-state index contributed by atoms with van der Waals surface area (Å²) in [5.41, 5.74) is 6.99. The number of hydrogen-bond donors (Lipinski definition) is 3. The molecule has 3 N–H and O–H groups in total. The molecule has 0 aliphatic carbocycles. The van der Waals surface area contributed by atoms with E-state index in [-0.39, 0.29) is 23.6 Å². The molecule has 0 fully saturated rings. The van der Waals surface area contributed by atoms with Crippen LogP contribution in [0.15, 0.2) is 59.5 Å². The number of aromatic nitrogens is 3. The zero-order chi connectivity index (χ0) is 22.5. The molecule has 0 saturated heterocycles. The average molecular weight is 431 g/mol. The molecule has 0 radical (unpaired) electrons. The normalized spacial score (nSPS) is 11.0. The summed E-state index contributed by atoms with van der Waals surface area (Å²) in [5.74, 6) is -0.847. The fraction of sp³-hybridized carbons (Fsp3) is 0.250. The maximum Gasteiger partial charge on any atom is 0.290 e. The summed E-state index contributed by atoms with van der Waals surface area (Å²) in [6.07, 6.45) is 4.33. The molecule has 8 nitrogen and oxygen atoms in total. The summed E-state index contributed by atoms with van der Waals surface area (Å²) < 4.78 is 1.29. The summed E-state index contributed by atoms with van der Waals surface area (Å²) in [4.78, 5) is 40.8. The Labute approximate surface area is 184 Å². The molecule has 0 atom stereocenters. The van der Waals surface area contributed by atoms with Crippen LogP contribution in [0.1, 0.15) is 42.2 Å². The number of para-hydroxylation sites is 1. The predicted octanol–water partition coefficient (Wildman–Crippen LogP) is 3.07. The number of rotatable bonds is 7. The molecule has 164 valence electrons. The number of fused-ring (bicyclic) bond motifs is 2. The zero-order valence-electron chi connectivity index (χ0n) is 17.9. The number of amides is 2. The summed E-state index contributed by atoms with van der Waals surface area (Å²) in [6, 6.07) is 14.9. The first kappa shape index (κ1) is 21.3. The highest BCUT2D eigenvalue weighted by Gasteiger charge is 2.17. The average Bonchev–Trinajstić information content (AvgIpc) is 3.22. The van der Waals surface area contributed by atoms with Gasteiger partial charge < -0.3 is 4.98 Å². The first-order chi connectivity index (χ1) is 15.6. The lowest BCUT2D eigenvalue weighted by molar-refractivity contribution is -0.121. The molecule has 32 heavy (non-hydrogen) atoms. The van der Waals surface area contributed by atoms with Crippen LogP contribution in [-0.4, -0.2) is 26.6 Å². The molecule has 2 aromatic heterocycles. The van der Waals surface area contributed by atoms with Gasteiger partial charge in [0, 0.05) is 35.5 Å². The van der Waals surface area contributed by atoms with Gasteiger partial charge in [0.05, 0.1) is 5.39 Å². The van der Waals surface area contributed by atoms with Crippen LogP contribution < -0.4 is 16.4 Å². The quantitative estimate of drug-likeness (QED) is 0.391. The van der Waals surface area contributed by atoms with Gasteiger partial charge in [-0.25, -0.2) is 4.68 Å². The van der Waals surface area contributed by atoms with E-state index < -0.39 is 5.91 Å². The van der Waals surface area contributed by atoms with Gasteiger partial charge >= 0.3 is 0 Å². The van der Waals surface area contributed by atoms with Crippen molar-refractivity contribution in [2.24, 2.45) is 0 Å². The van der Waals surface area contributed by atoms with Gasteiger partial charge in [-0.3, -0.25) is 25.2 Å². The molecule has 8 heteroatoms. The number of nitrogens with zero attached hydrogens (tertiary/aromatic N) is 2. The lowest BCUT2D eigenvalue weighted by Crippen LogP contribution is -2.42. The number of benzene rings is 2. The molecule has 0 unspecified atom stereocenters. The monoisotopic (exact) mass is 431 g/mol. The van der Waals surface area contributed by atoms with E-state index in [1.54, 1.807) is 24.3 Å². The Kier molecular flexibility index (Phi) is 6.30. The van der Waals surface area contributed by atoms with Crippen molar-refractivity contribution in [3.63, 3.8) is 0 Å². The van der Waals surface area contributed by atoms with E-state index in [1.807, 2.05) is 31.3 Å². The van der Waals surface area contributed by atoms with Gasteiger partial charge in [0.2, 0.25) is 5.91 Å². The second-order valence-electron chi connectivity index (χ2n) is 7.64. The summed E-state index contributed by atoms with van der Waals surface area (Å²) >= 11 is 0. The minimum absolute atomic E-state index is 0.104. The number of H-pyrrole nitrogens is 1. The molecule has 4 aromatic rings. The summed E-state index contributed by atoms with van der Waals surface area (Å²) in [6.45, 7) is 2.34. The van der Waals surface area contributed by atoms with Gasteiger partial charge in [0.1, 0.15) is 0 Å². The van der Waals surface area contributed by atoms with Crippen molar-refractivity contribution in [3.8, 4) is 0 Å². The molecule has 0 aliphatic heterocycles. The number of hydrogen-bond acceptors (Lipinski definition) is 4. The highest BCUT2D eigenvalue weighted by Crippen LogP contribution is 2.19. The van der Waals surface area contributed by atoms with E-state index in [9.17, 15) is 14.4 Å². The molecule has 0 bridgehead atoms. The Bertz CT molecular complexity index is 1340. The first-order valence-corrected chi connectivity index (χ1v) is 10.7. The maximum atomic E-state index is 12.7.